The Morgan fingerprint density at radius 1 is 0.839 bits per heavy atom. The van der Waals surface area contributed by atoms with Crippen LogP contribution in [0.2, 0.25) is 0 Å². The number of nitrogens with one attached hydrogen (secondary N) is 1. The molecule has 0 saturated carbocycles. The van der Waals surface area contributed by atoms with Gasteiger partial charge in [0.25, 0.3) is 0 Å². The topological polar surface area (TPSA) is 55.6 Å². The number of nitrogens with zero attached hydrogens (tertiary/aromatic N) is 4. The number of fused-ring (bicyclic) bond motifs is 3. The quantitative estimate of drug-likeness (QED) is 0.355. The summed E-state index contributed by atoms with van der Waals surface area (Å²) in [5, 5.41) is 18.3. The third-order valence-corrected chi connectivity index (χ3v) is 6.69. The Balaban J connectivity index is 1.46. The Morgan fingerprint density at radius 2 is 1.65 bits per heavy atom. The highest BCUT2D eigenvalue weighted by atomic mass is 32.2. The van der Waals surface area contributed by atoms with E-state index in [2.05, 4.69) is 89.2 Å². The molecule has 0 radical (unpaired) electrons. The maximum absolute atomic E-state index is 4.81. The van der Waals surface area contributed by atoms with Gasteiger partial charge < -0.3 is 5.32 Å². The fraction of sp³-hybridized carbons (Fsp3) is 0.0800. The largest absolute Gasteiger partial charge is 0.354 e. The highest BCUT2D eigenvalue weighted by molar-refractivity contribution is 7.99. The van der Waals surface area contributed by atoms with Crippen molar-refractivity contribution in [3.8, 4) is 16.9 Å². The average Bonchev–Trinajstić information content (AvgIpc) is 3.24. The number of benzene rings is 3. The molecule has 0 spiro atoms. The summed E-state index contributed by atoms with van der Waals surface area (Å²) in [4.78, 5) is 2.44. The lowest BCUT2D eigenvalue weighted by molar-refractivity contribution is 0.890. The van der Waals surface area contributed by atoms with Gasteiger partial charge in [-0.05, 0) is 50.2 Å². The van der Waals surface area contributed by atoms with Crippen LogP contribution in [0.15, 0.2) is 82.7 Å². The van der Waals surface area contributed by atoms with E-state index in [9.17, 15) is 0 Å². The zero-order valence-corrected chi connectivity index (χ0v) is 17.9. The summed E-state index contributed by atoms with van der Waals surface area (Å²) < 4.78 is 1.91. The Labute approximate surface area is 184 Å². The fourth-order valence-electron chi connectivity index (χ4n) is 3.87. The van der Waals surface area contributed by atoms with E-state index < -0.39 is 0 Å². The summed E-state index contributed by atoms with van der Waals surface area (Å²) in [5.41, 5.74) is 8.02. The number of aromatic nitrogens is 4. The van der Waals surface area contributed by atoms with E-state index in [-0.39, 0.29) is 0 Å². The lowest BCUT2D eigenvalue weighted by Gasteiger charge is -2.21. The maximum Gasteiger partial charge on any atom is 0.118 e. The van der Waals surface area contributed by atoms with Gasteiger partial charge in [0.15, 0.2) is 0 Å². The molecule has 0 unspecified atom stereocenters. The predicted molar refractivity (Wildman–Crippen MR) is 125 cm³/mol. The van der Waals surface area contributed by atoms with Gasteiger partial charge in [0.05, 0.1) is 28.1 Å². The minimum atomic E-state index is 0.824. The highest BCUT2D eigenvalue weighted by Crippen LogP contribution is 2.45. The third-order valence-electron chi connectivity index (χ3n) is 5.54. The van der Waals surface area contributed by atoms with Crippen molar-refractivity contribution >= 4 is 34.0 Å². The van der Waals surface area contributed by atoms with Crippen LogP contribution in [0.4, 0.5) is 11.4 Å². The Morgan fingerprint density at radius 3 is 2.52 bits per heavy atom. The minimum absolute atomic E-state index is 0.824. The summed E-state index contributed by atoms with van der Waals surface area (Å²) in [7, 11) is 0. The molecule has 6 rings (SSSR count). The second kappa shape index (κ2) is 6.96. The molecule has 3 heterocycles. The lowest BCUT2D eigenvalue weighted by Crippen LogP contribution is -2.00. The van der Waals surface area contributed by atoms with Gasteiger partial charge in [0, 0.05) is 21.6 Å². The molecule has 6 heteroatoms. The number of aryl methyl sites for hydroxylation is 2. The van der Waals surface area contributed by atoms with Gasteiger partial charge in [-0.15, -0.1) is 5.10 Å². The summed E-state index contributed by atoms with van der Waals surface area (Å²) in [5.74, 6) is 0. The van der Waals surface area contributed by atoms with Crippen LogP contribution in [0.1, 0.15) is 11.3 Å². The second-order valence-corrected chi connectivity index (χ2v) is 8.82. The fourth-order valence-corrected chi connectivity index (χ4v) is 4.84. The van der Waals surface area contributed by atoms with Crippen LogP contribution < -0.4 is 5.32 Å². The van der Waals surface area contributed by atoms with Crippen molar-refractivity contribution < 1.29 is 0 Å². The minimum Gasteiger partial charge on any atom is -0.354 e. The first-order chi connectivity index (χ1) is 15.2. The van der Waals surface area contributed by atoms with Crippen LogP contribution in [0.25, 0.3) is 27.8 Å². The molecule has 31 heavy (non-hydrogen) atoms. The zero-order chi connectivity index (χ0) is 20.9. The van der Waals surface area contributed by atoms with Gasteiger partial charge in [0.1, 0.15) is 11.2 Å². The van der Waals surface area contributed by atoms with Crippen LogP contribution in [-0.4, -0.2) is 20.0 Å². The van der Waals surface area contributed by atoms with Gasteiger partial charge in [-0.3, -0.25) is 0 Å². The summed E-state index contributed by atoms with van der Waals surface area (Å²) in [6.07, 6.45) is 2.05. The van der Waals surface area contributed by atoms with Crippen LogP contribution >= 0.6 is 11.8 Å². The Bertz CT molecular complexity index is 1450. The van der Waals surface area contributed by atoms with Crippen molar-refractivity contribution in [1.82, 2.24) is 20.0 Å². The zero-order valence-electron chi connectivity index (χ0n) is 17.1. The van der Waals surface area contributed by atoms with E-state index in [1.54, 1.807) is 11.8 Å². The number of para-hydroxylation sites is 1. The molecule has 0 saturated heterocycles. The molecule has 1 N–H and O–H groups in total. The van der Waals surface area contributed by atoms with Crippen molar-refractivity contribution in [2.24, 2.45) is 0 Å². The molecular weight excluding hydrogens is 402 g/mol. The van der Waals surface area contributed by atoms with Gasteiger partial charge in [-0.2, -0.15) is 10.2 Å². The number of anilines is 2. The first kappa shape index (κ1) is 18.2. The van der Waals surface area contributed by atoms with Crippen LogP contribution in [0.5, 0.6) is 0 Å². The van der Waals surface area contributed by atoms with Crippen LogP contribution in [0, 0.1) is 13.8 Å². The van der Waals surface area contributed by atoms with E-state index >= 15 is 0 Å². The number of hydrogen-bond acceptors (Lipinski definition) is 5. The van der Waals surface area contributed by atoms with Gasteiger partial charge in [0.2, 0.25) is 0 Å². The molecule has 0 aliphatic carbocycles. The van der Waals surface area contributed by atoms with Crippen molar-refractivity contribution in [1.29, 1.82) is 0 Å². The van der Waals surface area contributed by atoms with Crippen molar-refractivity contribution in [2.45, 2.75) is 23.6 Å². The standard InChI is InChI=1S/C25H19N5S/c1-15-7-10-18(11-8-15)30-14-19-24(29-30)16(2)27-28-25(19)17-9-12-23-21(13-17)26-20-5-3-4-6-22(20)31-23/h3-14,26H,1-2H3. The second-order valence-electron chi connectivity index (χ2n) is 7.74. The molecule has 5 nitrogen and oxygen atoms in total. The molecule has 0 bridgehead atoms. The molecular formula is C25H19N5S. The van der Waals surface area contributed by atoms with Gasteiger partial charge in [-0.25, -0.2) is 4.68 Å². The van der Waals surface area contributed by atoms with Gasteiger partial charge >= 0.3 is 0 Å². The molecule has 0 amide bonds. The monoisotopic (exact) mass is 421 g/mol. The van der Waals surface area contributed by atoms with Gasteiger partial charge in [-0.1, -0.05) is 47.7 Å². The van der Waals surface area contributed by atoms with E-state index in [0.29, 0.717) is 0 Å². The molecule has 0 fully saturated rings. The number of rotatable bonds is 2. The number of hydrogen-bond donors (Lipinski definition) is 1. The van der Waals surface area contributed by atoms with Crippen LogP contribution in [0.3, 0.4) is 0 Å². The van der Waals surface area contributed by atoms with E-state index in [0.717, 1.165) is 44.9 Å². The first-order valence-corrected chi connectivity index (χ1v) is 11.0. The van der Waals surface area contributed by atoms with E-state index in [4.69, 9.17) is 5.10 Å². The van der Waals surface area contributed by atoms with E-state index in [1.165, 1.54) is 15.4 Å². The smallest absolute Gasteiger partial charge is 0.118 e. The molecule has 1 aliphatic rings. The van der Waals surface area contributed by atoms with Crippen molar-refractivity contribution in [3.05, 3.63) is 84.2 Å². The molecule has 2 aromatic heterocycles. The first-order valence-electron chi connectivity index (χ1n) is 10.1. The molecule has 1 aliphatic heterocycles. The predicted octanol–water partition coefficient (Wildman–Crippen LogP) is 6.31. The third kappa shape index (κ3) is 3.07. The average molecular weight is 422 g/mol. The highest BCUT2D eigenvalue weighted by Gasteiger charge is 2.18. The summed E-state index contributed by atoms with van der Waals surface area (Å²) in [6.45, 7) is 4.04. The maximum atomic E-state index is 4.81. The lowest BCUT2D eigenvalue weighted by atomic mass is 10.1. The summed E-state index contributed by atoms with van der Waals surface area (Å²) in [6, 6.07) is 23.1. The molecule has 0 atom stereocenters. The normalized spacial score (nSPS) is 12.3. The summed E-state index contributed by atoms with van der Waals surface area (Å²) >= 11 is 1.78. The van der Waals surface area contributed by atoms with Crippen molar-refractivity contribution in [2.75, 3.05) is 5.32 Å². The molecule has 3 aromatic carbocycles. The molecule has 150 valence electrons. The van der Waals surface area contributed by atoms with E-state index in [1.807, 2.05) is 17.8 Å². The Kier molecular flexibility index (Phi) is 4.07. The van der Waals surface area contributed by atoms with Crippen molar-refractivity contribution in [3.63, 3.8) is 0 Å². The van der Waals surface area contributed by atoms with Crippen LogP contribution in [-0.2, 0) is 0 Å². The Hall–Kier alpha value is -3.64. The molecule has 5 aromatic rings. The SMILES string of the molecule is Cc1ccc(-n2cc3c(-c4ccc5c(c4)Nc4ccccc4S5)nnc(C)c3n2)cc1.